The average molecular weight is 464 g/mol. The Labute approximate surface area is 182 Å². The predicted molar refractivity (Wildman–Crippen MR) is 107 cm³/mol. The van der Waals surface area contributed by atoms with Crippen molar-refractivity contribution in [3.8, 4) is 5.82 Å². The van der Waals surface area contributed by atoms with Gasteiger partial charge in [0.2, 0.25) is 0 Å². The van der Waals surface area contributed by atoms with E-state index in [4.69, 9.17) is 17.3 Å². The van der Waals surface area contributed by atoms with E-state index < -0.39 is 23.7 Å². The molecular weight excluding hydrogens is 451 g/mol. The number of hydrogen-bond acceptors (Lipinski definition) is 8. The molecule has 1 atom stereocenters. The van der Waals surface area contributed by atoms with Crippen LogP contribution in [-0.2, 0) is 6.18 Å². The Morgan fingerprint density at radius 2 is 1.91 bits per heavy atom. The van der Waals surface area contributed by atoms with Crippen LogP contribution in [0, 0.1) is 0 Å². The fourth-order valence-electron chi connectivity index (χ4n) is 3.01. The Morgan fingerprint density at radius 1 is 1.12 bits per heavy atom. The highest BCUT2D eigenvalue weighted by molar-refractivity contribution is 6.31. The van der Waals surface area contributed by atoms with Crippen LogP contribution in [-0.4, -0.2) is 40.6 Å². The van der Waals surface area contributed by atoms with Gasteiger partial charge in [-0.25, -0.2) is 24.9 Å². The molecule has 0 bridgehead atoms. The Bertz CT molecular complexity index is 1310. The molecule has 10 nitrogen and oxygen atoms in total. The summed E-state index contributed by atoms with van der Waals surface area (Å²) in [7, 11) is 0. The maximum absolute atomic E-state index is 13.4. The quantitative estimate of drug-likeness (QED) is 0.460. The van der Waals surface area contributed by atoms with Crippen LogP contribution in [0.5, 0.6) is 0 Å². The monoisotopic (exact) mass is 463 g/mol. The van der Waals surface area contributed by atoms with Crippen LogP contribution in [0.1, 0.15) is 34.8 Å². The van der Waals surface area contributed by atoms with Crippen LogP contribution in [0.15, 0.2) is 37.2 Å². The van der Waals surface area contributed by atoms with Crippen molar-refractivity contribution in [3.05, 3.63) is 59.3 Å². The SMILES string of the molecule is C[C@H](Nc1ncnc2c(C(F)(F)F)cc(Cl)cc12)c1ncnn1-c1cnc(C(N)=O)cn1. The van der Waals surface area contributed by atoms with Crippen molar-refractivity contribution >= 4 is 34.2 Å². The van der Waals surface area contributed by atoms with Crippen LogP contribution < -0.4 is 11.1 Å². The lowest BCUT2D eigenvalue weighted by molar-refractivity contribution is -0.136. The average Bonchev–Trinajstić information content (AvgIpc) is 3.23. The highest BCUT2D eigenvalue weighted by atomic mass is 35.5. The molecule has 164 valence electrons. The Morgan fingerprint density at radius 3 is 2.56 bits per heavy atom. The number of anilines is 1. The summed E-state index contributed by atoms with van der Waals surface area (Å²) in [5.74, 6) is 0.00712. The zero-order chi connectivity index (χ0) is 23.0. The number of hydrogen-bond donors (Lipinski definition) is 2. The van der Waals surface area contributed by atoms with E-state index in [1.54, 1.807) is 6.92 Å². The number of alkyl halides is 3. The number of amides is 1. The highest BCUT2D eigenvalue weighted by Gasteiger charge is 2.34. The summed E-state index contributed by atoms with van der Waals surface area (Å²) in [5, 5.41) is 7.09. The maximum atomic E-state index is 13.4. The second-order valence-corrected chi connectivity index (χ2v) is 7.03. The topological polar surface area (TPSA) is 137 Å². The number of primary amides is 1. The van der Waals surface area contributed by atoms with E-state index in [0.29, 0.717) is 5.82 Å². The maximum Gasteiger partial charge on any atom is 0.418 e. The second-order valence-electron chi connectivity index (χ2n) is 6.59. The number of rotatable bonds is 5. The van der Waals surface area contributed by atoms with Crippen LogP contribution in [0.4, 0.5) is 19.0 Å². The van der Waals surface area contributed by atoms with E-state index in [2.05, 4.69) is 35.3 Å². The van der Waals surface area contributed by atoms with Crippen molar-refractivity contribution in [1.29, 1.82) is 0 Å². The summed E-state index contributed by atoms with van der Waals surface area (Å²) in [6.45, 7) is 1.70. The number of benzene rings is 1. The molecule has 1 aromatic carbocycles. The van der Waals surface area contributed by atoms with Crippen molar-refractivity contribution < 1.29 is 18.0 Å². The minimum Gasteiger partial charge on any atom is -0.364 e. The van der Waals surface area contributed by atoms with E-state index in [0.717, 1.165) is 12.4 Å². The summed E-state index contributed by atoms with van der Waals surface area (Å²) in [6.07, 6.45) is 0.143. The number of carbonyl (C=O) groups is 1. The van der Waals surface area contributed by atoms with Gasteiger partial charge in [0.1, 0.15) is 24.2 Å². The molecule has 3 N–H and O–H groups in total. The largest absolute Gasteiger partial charge is 0.418 e. The van der Waals surface area contributed by atoms with E-state index in [1.807, 2.05) is 0 Å². The number of aromatic nitrogens is 7. The van der Waals surface area contributed by atoms with Gasteiger partial charge in [-0.2, -0.15) is 23.0 Å². The Kier molecular flexibility index (Phi) is 5.34. The van der Waals surface area contributed by atoms with E-state index in [-0.39, 0.29) is 33.3 Å². The molecule has 32 heavy (non-hydrogen) atoms. The molecule has 0 aliphatic carbocycles. The lowest BCUT2D eigenvalue weighted by Crippen LogP contribution is -2.17. The Hall–Kier alpha value is -3.87. The number of nitrogens with two attached hydrogens (primary N) is 1. The fraction of sp³-hybridized carbons (Fsp3) is 0.167. The van der Waals surface area contributed by atoms with Gasteiger partial charge in [0.25, 0.3) is 5.91 Å². The van der Waals surface area contributed by atoms with Crippen molar-refractivity contribution in [2.75, 3.05) is 5.32 Å². The number of fused-ring (bicyclic) bond motifs is 1. The molecule has 0 fully saturated rings. The summed E-state index contributed by atoms with van der Waals surface area (Å²) >= 11 is 5.92. The molecule has 14 heteroatoms. The zero-order valence-electron chi connectivity index (χ0n) is 16.2. The molecule has 1 amide bonds. The minimum atomic E-state index is -4.64. The zero-order valence-corrected chi connectivity index (χ0v) is 16.9. The van der Waals surface area contributed by atoms with Gasteiger partial charge in [0, 0.05) is 10.4 Å². The lowest BCUT2D eigenvalue weighted by atomic mass is 10.1. The molecule has 0 saturated carbocycles. The lowest BCUT2D eigenvalue weighted by Gasteiger charge is -2.17. The van der Waals surface area contributed by atoms with Gasteiger partial charge in [-0.15, -0.1) is 0 Å². The van der Waals surface area contributed by atoms with Crippen LogP contribution in [0.2, 0.25) is 5.02 Å². The molecule has 3 aromatic heterocycles. The van der Waals surface area contributed by atoms with Crippen molar-refractivity contribution in [3.63, 3.8) is 0 Å². The molecule has 3 heterocycles. The van der Waals surface area contributed by atoms with Crippen LogP contribution >= 0.6 is 11.6 Å². The van der Waals surface area contributed by atoms with Gasteiger partial charge in [-0.3, -0.25) is 4.79 Å². The van der Waals surface area contributed by atoms with Crippen molar-refractivity contribution in [2.24, 2.45) is 5.73 Å². The van der Waals surface area contributed by atoms with Gasteiger partial charge < -0.3 is 11.1 Å². The Balaban J connectivity index is 1.70. The first-order chi connectivity index (χ1) is 15.1. The minimum absolute atomic E-state index is 0.0219. The third kappa shape index (κ3) is 4.01. The smallest absolute Gasteiger partial charge is 0.364 e. The first-order valence-electron chi connectivity index (χ1n) is 8.95. The third-order valence-corrected chi connectivity index (χ3v) is 4.65. The number of carbonyl (C=O) groups excluding carboxylic acids is 1. The number of halogens is 4. The van der Waals surface area contributed by atoms with Crippen molar-refractivity contribution in [2.45, 2.75) is 19.1 Å². The summed E-state index contributed by atoms with van der Waals surface area (Å²) in [5.41, 5.74) is 3.88. The summed E-state index contributed by atoms with van der Waals surface area (Å²) < 4.78 is 41.6. The van der Waals surface area contributed by atoms with Gasteiger partial charge in [-0.1, -0.05) is 11.6 Å². The number of nitrogens with zero attached hydrogens (tertiary/aromatic N) is 7. The molecule has 0 spiro atoms. The molecule has 4 rings (SSSR count). The third-order valence-electron chi connectivity index (χ3n) is 4.43. The van der Waals surface area contributed by atoms with Crippen molar-refractivity contribution in [1.82, 2.24) is 34.7 Å². The number of nitrogens with one attached hydrogen (secondary N) is 1. The molecule has 4 aromatic rings. The first kappa shape index (κ1) is 21.4. The van der Waals surface area contributed by atoms with Gasteiger partial charge >= 0.3 is 6.18 Å². The van der Waals surface area contributed by atoms with Gasteiger partial charge in [-0.05, 0) is 19.1 Å². The summed E-state index contributed by atoms with van der Waals surface area (Å²) in [4.78, 5) is 31.2. The van der Waals surface area contributed by atoms with E-state index in [1.165, 1.54) is 29.5 Å². The summed E-state index contributed by atoms with van der Waals surface area (Å²) in [6, 6.07) is 1.58. The van der Waals surface area contributed by atoms with E-state index in [9.17, 15) is 18.0 Å². The molecule has 0 aliphatic heterocycles. The molecule has 0 unspecified atom stereocenters. The second kappa shape index (κ2) is 8.00. The first-order valence-corrected chi connectivity index (χ1v) is 9.33. The molecule has 0 radical (unpaired) electrons. The van der Waals surface area contributed by atoms with Gasteiger partial charge in [0.15, 0.2) is 11.6 Å². The fourth-order valence-corrected chi connectivity index (χ4v) is 3.23. The molecule has 0 saturated heterocycles. The van der Waals surface area contributed by atoms with Crippen LogP contribution in [0.3, 0.4) is 0 Å². The van der Waals surface area contributed by atoms with Gasteiger partial charge in [0.05, 0.1) is 29.5 Å². The van der Waals surface area contributed by atoms with E-state index >= 15 is 0 Å². The molecule has 0 aliphatic rings. The van der Waals surface area contributed by atoms with Crippen LogP contribution in [0.25, 0.3) is 16.7 Å². The molecular formula is C18H13ClF3N9O. The normalized spacial score (nSPS) is 12.7. The predicted octanol–water partition coefficient (Wildman–Crippen LogP) is 2.94. The standard InChI is InChI=1S/C18H13ClF3N9O/c1-8(17-28-7-29-31(17)13-5-24-12(4-25-13)15(23)32)30-16-10-2-9(19)3-11(18(20,21)22)14(10)26-6-27-16/h2-8H,1H3,(H2,23,32)(H,26,27,30)/t8-/m0/s1. The highest BCUT2D eigenvalue weighted by Crippen LogP contribution is 2.38.